The average molecular weight is 294 g/mol. The molecule has 2 aromatic rings. The average Bonchev–Trinajstić information content (AvgIpc) is 3.16. The molecular weight excluding hydrogens is 277 g/mol. The van der Waals surface area contributed by atoms with Crippen LogP contribution in [0, 0.1) is 12.7 Å². The Morgan fingerprint density at radius 3 is 2.95 bits per heavy atom. The van der Waals surface area contributed by atoms with E-state index in [9.17, 15) is 4.39 Å². The maximum atomic E-state index is 13.3. The van der Waals surface area contributed by atoms with Gasteiger partial charge in [0.2, 0.25) is 0 Å². The number of halogens is 2. The van der Waals surface area contributed by atoms with Crippen molar-refractivity contribution in [3.63, 3.8) is 0 Å². The van der Waals surface area contributed by atoms with E-state index in [0.29, 0.717) is 17.6 Å². The number of aryl methyl sites for hydroxylation is 1. The van der Waals surface area contributed by atoms with Gasteiger partial charge in [-0.2, -0.15) is 5.10 Å². The lowest BCUT2D eigenvalue weighted by atomic mass is 10.2. The van der Waals surface area contributed by atoms with Crippen LogP contribution in [0.3, 0.4) is 0 Å². The van der Waals surface area contributed by atoms with E-state index < -0.39 is 0 Å². The fourth-order valence-corrected chi connectivity index (χ4v) is 2.37. The summed E-state index contributed by atoms with van der Waals surface area (Å²) in [6.07, 6.45) is 4.55. The zero-order valence-electron chi connectivity index (χ0n) is 11.4. The lowest BCUT2D eigenvalue weighted by molar-refractivity contribution is 0.618. The molecule has 0 spiro atoms. The Labute approximate surface area is 122 Å². The van der Waals surface area contributed by atoms with Crippen LogP contribution in [-0.4, -0.2) is 15.8 Å². The van der Waals surface area contributed by atoms with Crippen LogP contribution >= 0.6 is 11.6 Å². The van der Waals surface area contributed by atoms with E-state index >= 15 is 0 Å². The van der Waals surface area contributed by atoms with Gasteiger partial charge in [0.25, 0.3) is 0 Å². The van der Waals surface area contributed by atoms with Crippen molar-refractivity contribution in [1.82, 2.24) is 15.1 Å². The molecule has 0 saturated heterocycles. The molecule has 1 aliphatic rings. The second kappa shape index (κ2) is 5.54. The predicted octanol–water partition coefficient (Wildman–Crippen LogP) is 3.28. The van der Waals surface area contributed by atoms with E-state index in [2.05, 4.69) is 10.4 Å². The van der Waals surface area contributed by atoms with Crippen molar-refractivity contribution in [1.29, 1.82) is 0 Å². The van der Waals surface area contributed by atoms with Crippen molar-refractivity contribution < 1.29 is 4.39 Å². The Morgan fingerprint density at radius 2 is 2.20 bits per heavy atom. The van der Waals surface area contributed by atoms with E-state index in [0.717, 1.165) is 17.8 Å². The van der Waals surface area contributed by atoms with Gasteiger partial charge in [0.05, 0.1) is 12.2 Å². The number of aromatic nitrogens is 2. The molecule has 0 bridgehead atoms. The van der Waals surface area contributed by atoms with Gasteiger partial charge in [-0.15, -0.1) is 0 Å². The summed E-state index contributed by atoms with van der Waals surface area (Å²) in [6, 6.07) is 5.08. The molecule has 0 amide bonds. The second-order valence-electron chi connectivity index (χ2n) is 5.33. The molecule has 3 nitrogen and oxygen atoms in total. The summed E-state index contributed by atoms with van der Waals surface area (Å²) >= 11 is 6.08. The molecule has 1 N–H and O–H groups in total. The van der Waals surface area contributed by atoms with Crippen molar-refractivity contribution in [3.05, 3.63) is 52.1 Å². The van der Waals surface area contributed by atoms with Gasteiger partial charge in [-0.1, -0.05) is 11.6 Å². The number of hydrogen-bond donors (Lipinski definition) is 1. The van der Waals surface area contributed by atoms with E-state index in [1.165, 1.54) is 30.5 Å². The van der Waals surface area contributed by atoms with Crippen molar-refractivity contribution in [3.8, 4) is 0 Å². The Morgan fingerprint density at radius 1 is 1.40 bits per heavy atom. The van der Waals surface area contributed by atoms with Gasteiger partial charge in [-0.05, 0) is 43.5 Å². The summed E-state index contributed by atoms with van der Waals surface area (Å²) in [5, 5.41) is 8.51. The largest absolute Gasteiger partial charge is 0.310 e. The van der Waals surface area contributed by atoms with E-state index in [1.807, 2.05) is 17.8 Å². The van der Waals surface area contributed by atoms with Crippen LogP contribution in [0.25, 0.3) is 0 Å². The third kappa shape index (κ3) is 3.19. The molecule has 3 rings (SSSR count). The second-order valence-corrected chi connectivity index (χ2v) is 5.74. The van der Waals surface area contributed by atoms with Crippen LogP contribution in [0.5, 0.6) is 0 Å². The van der Waals surface area contributed by atoms with Gasteiger partial charge in [-0.25, -0.2) is 4.39 Å². The normalized spacial score (nSPS) is 14.8. The first-order valence-electron chi connectivity index (χ1n) is 6.82. The Balaban J connectivity index is 1.73. The highest BCUT2D eigenvalue weighted by Crippen LogP contribution is 2.21. The number of rotatable bonds is 5. The molecule has 0 atom stereocenters. The zero-order chi connectivity index (χ0) is 14.1. The van der Waals surface area contributed by atoms with Gasteiger partial charge >= 0.3 is 0 Å². The molecule has 1 aliphatic carbocycles. The van der Waals surface area contributed by atoms with Gasteiger partial charge < -0.3 is 5.32 Å². The monoisotopic (exact) mass is 293 g/mol. The fraction of sp³-hybridized carbons (Fsp3) is 0.400. The molecule has 1 fully saturated rings. The minimum atomic E-state index is -0.274. The quantitative estimate of drug-likeness (QED) is 0.917. The minimum Gasteiger partial charge on any atom is -0.310 e. The Kier molecular flexibility index (Phi) is 3.76. The molecule has 1 heterocycles. The Bertz CT molecular complexity index is 620. The standard InChI is InChI=1S/C15H17ClFN3/c1-10-12(7-18-14-3-4-14)9-20(19-10)8-11-6-13(17)2-5-15(11)16/h2,5-6,9,14,18H,3-4,7-8H2,1H3. The van der Waals surface area contributed by atoms with Crippen LogP contribution in [0.1, 0.15) is 29.7 Å². The summed E-state index contributed by atoms with van der Waals surface area (Å²) in [7, 11) is 0. The number of hydrogen-bond acceptors (Lipinski definition) is 2. The summed E-state index contributed by atoms with van der Waals surface area (Å²) < 4.78 is 15.1. The van der Waals surface area contributed by atoms with Crippen molar-refractivity contribution in [2.24, 2.45) is 0 Å². The van der Waals surface area contributed by atoms with Gasteiger partial charge in [0.1, 0.15) is 5.82 Å². The summed E-state index contributed by atoms with van der Waals surface area (Å²) in [5.41, 5.74) is 2.94. The molecule has 106 valence electrons. The molecule has 5 heteroatoms. The lowest BCUT2D eigenvalue weighted by Crippen LogP contribution is -2.15. The highest BCUT2D eigenvalue weighted by atomic mass is 35.5. The number of nitrogens with one attached hydrogen (secondary N) is 1. The summed E-state index contributed by atoms with van der Waals surface area (Å²) in [4.78, 5) is 0. The zero-order valence-corrected chi connectivity index (χ0v) is 12.1. The molecule has 1 aromatic carbocycles. The lowest BCUT2D eigenvalue weighted by Gasteiger charge is -2.04. The number of benzene rings is 1. The third-order valence-corrected chi connectivity index (χ3v) is 3.92. The van der Waals surface area contributed by atoms with Crippen molar-refractivity contribution in [2.75, 3.05) is 0 Å². The van der Waals surface area contributed by atoms with Crippen LogP contribution < -0.4 is 5.32 Å². The van der Waals surface area contributed by atoms with Crippen LogP contribution in [0.2, 0.25) is 5.02 Å². The van der Waals surface area contributed by atoms with E-state index in [4.69, 9.17) is 11.6 Å². The molecule has 1 aromatic heterocycles. The summed E-state index contributed by atoms with van der Waals surface area (Å²) in [6.45, 7) is 3.32. The maximum Gasteiger partial charge on any atom is 0.123 e. The summed E-state index contributed by atoms with van der Waals surface area (Å²) in [5.74, 6) is -0.274. The molecule has 20 heavy (non-hydrogen) atoms. The van der Waals surface area contributed by atoms with Gasteiger partial charge in [-0.3, -0.25) is 4.68 Å². The molecule has 1 saturated carbocycles. The first-order chi connectivity index (χ1) is 9.61. The van der Waals surface area contributed by atoms with E-state index in [-0.39, 0.29) is 5.82 Å². The SMILES string of the molecule is Cc1nn(Cc2cc(F)ccc2Cl)cc1CNC1CC1. The Hall–Kier alpha value is -1.39. The molecule has 0 unspecified atom stereocenters. The maximum absolute atomic E-state index is 13.3. The number of nitrogens with zero attached hydrogens (tertiary/aromatic N) is 2. The topological polar surface area (TPSA) is 29.9 Å². The minimum absolute atomic E-state index is 0.274. The van der Waals surface area contributed by atoms with Crippen LogP contribution in [0.15, 0.2) is 24.4 Å². The molecule has 0 radical (unpaired) electrons. The van der Waals surface area contributed by atoms with Crippen LogP contribution in [-0.2, 0) is 13.1 Å². The highest BCUT2D eigenvalue weighted by molar-refractivity contribution is 6.31. The third-order valence-electron chi connectivity index (χ3n) is 3.55. The molecule has 0 aliphatic heterocycles. The van der Waals surface area contributed by atoms with Crippen molar-refractivity contribution >= 4 is 11.6 Å². The van der Waals surface area contributed by atoms with E-state index in [1.54, 1.807) is 6.07 Å². The van der Waals surface area contributed by atoms with Gasteiger partial charge in [0.15, 0.2) is 0 Å². The highest BCUT2D eigenvalue weighted by Gasteiger charge is 2.20. The first kappa shape index (κ1) is 13.6. The predicted molar refractivity (Wildman–Crippen MR) is 77.3 cm³/mol. The fourth-order valence-electron chi connectivity index (χ4n) is 2.19. The first-order valence-corrected chi connectivity index (χ1v) is 7.20. The smallest absolute Gasteiger partial charge is 0.123 e. The van der Waals surface area contributed by atoms with Crippen LogP contribution in [0.4, 0.5) is 4.39 Å². The molecular formula is C15H17ClFN3. The van der Waals surface area contributed by atoms with Crippen molar-refractivity contribution in [2.45, 2.75) is 38.9 Å². The van der Waals surface area contributed by atoms with Gasteiger partial charge in [0, 0.05) is 29.4 Å².